The summed E-state index contributed by atoms with van der Waals surface area (Å²) in [6.45, 7) is 16.3. The number of hydrogen-bond donors (Lipinski definition) is 1. The molecule has 34 heavy (non-hydrogen) atoms. The summed E-state index contributed by atoms with van der Waals surface area (Å²) in [5, 5.41) is 0. The number of nitrogens with two attached hydrogens (primary N) is 1. The minimum absolute atomic E-state index is 0.447. The number of methoxy groups -OCH3 is 1. The lowest BCUT2D eigenvalue weighted by Crippen LogP contribution is -2.29. The average Bonchev–Trinajstić information content (AvgIpc) is 2.75. The zero-order valence-corrected chi connectivity index (χ0v) is 21.9. The molecule has 4 nitrogen and oxygen atoms in total. The molecule has 3 aromatic carbocycles. The second-order valence-electron chi connectivity index (χ2n) is 10.2. The van der Waals surface area contributed by atoms with E-state index >= 15 is 0 Å². The molecule has 0 aliphatic carbocycles. The van der Waals surface area contributed by atoms with Crippen molar-refractivity contribution in [3.63, 3.8) is 0 Å². The van der Waals surface area contributed by atoms with Crippen LogP contribution in [0.15, 0.2) is 42.5 Å². The molecule has 0 fully saturated rings. The van der Waals surface area contributed by atoms with Gasteiger partial charge in [-0.1, -0.05) is 36.4 Å². The smallest absolute Gasteiger partial charge is 0.339 e. The van der Waals surface area contributed by atoms with Crippen LogP contribution in [0.2, 0.25) is 0 Å². The van der Waals surface area contributed by atoms with Crippen LogP contribution in [0.25, 0.3) is 22.3 Å². The number of ether oxygens (including phenoxy) is 2. The van der Waals surface area contributed by atoms with Crippen LogP contribution in [0.5, 0.6) is 0 Å². The molecular weight excluding hydrogens is 422 g/mol. The van der Waals surface area contributed by atoms with E-state index in [1.165, 1.54) is 29.4 Å². The summed E-state index contributed by atoms with van der Waals surface area (Å²) in [6.07, 6.45) is -0.906. The van der Waals surface area contributed by atoms with Crippen molar-refractivity contribution < 1.29 is 14.3 Å². The van der Waals surface area contributed by atoms with Gasteiger partial charge in [-0.2, -0.15) is 0 Å². The van der Waals surface area contributed by atoms with E-state index in [9.17, 15) is 4.79 Å². The van der Waals surface area contributed by atoms with Crippen molar-refractivity contribution in [1.29, 1.82) is 0 Å². The first-order chi connectivity index (χ1) is 15.8. The standard InChI is InChI=1S/C30H37NO3/c1-17-10-12-22(14-19(17)3)26-21(5)27(23-13-11-18(2)20(4)15-23)25(31)16-24(26)28(29(32)33-9)34-30(6,7)8/h10-16,28H,31H2,1-9H3. The Morgan fingerprint density at radius 1 is 0.794 bits per heavy atom. The largest absolute Gasteiger partial charge is 0.467 e. The van der Waals surface area contributed by atoms with Crippen molar-refractivity contribution in [1.82, 2.24) is 0 Å². The maximum absolute atomic E-state index is 13.0. The van der Waals surface area contributed by atoms with Gasteiger partial charge in [0.1, 0.15) is 0 Å². The summed E-state index contributed by atoms with van der Waals surface area (Å²) in [7, 11) is 1.39. The minimum Gasteiger partial charge on any atom is -0.467 e. The molecule has 0 aromatic heterocycles. The Balaban J connectivity index is 2.40. The molecule has 3 rings (SSSR count). The van der Waals surface area contributed by atoms with Gasteiger partial charge in [0.2, 0.25) is 0 Å². The maximum atomic E-state index is 13.0. The van der Waals surface area contributed by atoms with E-state index in [1.807, 2.05) is 26.8 Å². The fraction of sp³-hybridized carbons (Fsp3) is 0.367. The second kappa shape index (κ2) is 9.63. The molecule has 3 aromatic rings. The summed E-state index contributed by atoms with van der Waals surface area (Å²) in [4.78, 5) is 13.0. The molecule has 4 heteroatoms. The van der Waals surface area contributed by atoms with Gasteiger partial charge < -0.3 is 15.2 Å². The molecule has 0 radical (unpaired) electrons. The number of nitrogen functional groups attached to an aromatic ring is 1. The highest BCUT2D eigenvalue weighted by molar-refractivity contribution is 5.91. The van der Waals surface area contributed by atoms with Crippen LogP contribution in [0.3, 0.4) is 0 Å². The van der Waals surface area contributed by atoms with Gasteiger partial charge in [0.15, 0.2) is 6.10 Å². The molecule has 0 aliphatic rings. The summed E-state index contributed by atoms with van der Waals surface area (Å²) in [6, 6.07) is 14.6. The maximum Gasteiger partial charge on any atom is 0.339 e. The molecule has 1 atom stereocenters. The Morgan fingerprint density at radius 3 is 1.74 bits per heavy atom. The third-order valence-electron chi connectivity index (χ3n) is 6.40. The lowest BCUT2D eigenvalue weighted by molar-refractivity contribution is -0.164. The van der Waals surface area contributed by atoms with Gasteiger partial charge in [0.05, 0.1) is 12.7 Å². The molecule has 0 saturated heterocycles. The van der Waals surface area contributed by atoms with E-state index < -0.39 is 17.7 Å². The van der Waals surface area contributed by atoms with Gasteiger partial charge in [0, 0.05) is 16.8 Å². The van der Waals surface area contributed by atoms with E-state index in [1.54, 1.807) is 0 Å². The molecule has 1 unspecified atom stereocenters. The third-order valence-corrected chi connectivity index (χ3v) is 6.40. The van der Waals surface area contributed by atoms with Crippen molar-refractivity contribution in [2.24, 2.45) is 0 Å². The first kappa shape index (κ1) is 25.5. The molecular formula is C30H37NO3. The summed E-state index contributed by atoms with van der Waals surface area (Å²) >= 11 is 0. The lowest BCUT2D eigenvalue weighted by Gasteiger charge is -2.29. The second-order valence-corrected chi connectivity index (χ2v) is 10.2. The zero-order valence-electron chi connectivity index (χ0n) is 21.9. The Bertz CT molecular complexity index is 1230. The van der Waals surface area contributed by atoms with E-state index in [4.69, 9.17) is 15.2 Å². The van der Waals surface area contributed by atoms with Crippen LogP contribution in [0.1, 0.15) is 60.3 Å². The Labute approximate surface area is 204 Å². The van der Waals surface area contributed by atoms with Crippen LogP contribution in [0.4, 0.5) is 5.69 Å². The highest BCUT2D eigenvalue weighted by Crippen LogP contribution is 2.43. The fourth-order valence-corrected chi connectivity index (χ4v) is 4.34. The number of benzene rings is 3. The van der Waals surface area contributed by atoms with Gasteiger partial charge in [-0.15, -0.1) is 0 Å². The minimum atomic E-state index is -0.906. The Kier molecular flexibility index (Phi) is 7.23. The quantitative estimate of drug-likeness (QED) is 0.324. The zero-order chi connectivity index (χ0) is 25.4. The van der Waals surface area contributed by atoms with Gasteiger partial charge in [-0.3, -0.25) is 0 Å². The summed E-state index contributed by atoms with van der Waals surface area (Å²) in [5.41, 5.74) is 17.3. The van der Waals surface area contributed by atoms with E-state index in [0.29, 0.717) is 11.3 Å². The highest BCUT2D eigenvalue weighted by Gasteiger charge is 2.32. The monoisotopic (exact) mass is 459 g/mol. The molecule has 0 aliphatic heterocycles. The van der Waals surface area contributed by atoms with Gasteiger partial charge >= 0.3 is 5.97 Å². The Hall–Kier alpha value is -3.11. The summed E-state index contributed by atoms with van der Waals surface area (Å²) < 4.78 is 11.4. The number of carbonyl (C=O) groups excluding carboxylic acids is 1. The van der Waals surface area contributed by atoms with Crippen molar-refractivity contribution in [2.75, 3.05) is 12.8 Å². The molecule has 180 valence electrons. The van der Waals surface area contributed by atoms with Gasteiger partial charge in [0.25, 0.3) is 0 Å². The van der Waals surface area contributed by atoms with E-state index in [-0.39, 0.29) is 0 Å². The van der Waals surface area contributed by atoms with Crippen molar-refractivity contribution in [3.05, 3.63) is 75.8 Å². The SMILES string of the molecule is COC(=O)C(OC(C)(C)C)c1cc(N)c(-c2ccc(C)c(C)c2)c(C)c1-c1ccc(C)c(C)c1. The normalized spacial score (nSPS) is 12.5. The van der Waals surface area contributed by atoms with Gasteiger partial charge in [-0.05, 0) is 106 Å². The fourth-order valence-electron chi connectivity index (χ4n) is 4.34. The third kappa shape index (κ3) is 5.18. The topological polar surface area (TPSA) is 61.5 Å². The first-order valence-electron chi connectivity index (χ1n) is 11.7. The Morgan fingerprint density at radius 2 is 1.29 bits per heavy atom. The van der Waals surface area contributed by atoms with Crippen LogP contribution in [0, 0.1) is 34.6 Å². The lowest BCUT2D eigenvalue weighted by atomic mass is 9.84. The molecule has 0 spiro atoms. The number of esters is 1. The van der Waals surface area contributed by atoms with Crippen molar-refractivity contribution in [3.8, 4) is 22.3 Å². The average molecular weight is 460 g/mol. The van der Waals surface area contributed by atoms with Crippen LogP contribution >= 0.6 is 0 Å². The van der Waals surface area contributed by atoms with Crippen molar-refractivity contribution >= 4 is 11.7 Å². The van der Waals surface area contributed by atoms with Crippen molar-refractivity contribution in [2.45, 2.75) is 67.1 Å². The molecule has 0 saturated carbocycles. The van der Waals surface area contributed by atoms with Crippen LogP contribution in [-0.2, 0) is 14.3 Å². The summed E-state index contributed by atoms with van der Waals surface area (Å²) in [5.74, 6) is -0.447. The number of aryl methyl sites for hydroxylation is 4. The van der Waals surface area contributed by atoms with E-state index in [0.717, 1.165) is 27.8 Å². The number of hydrogen-bond acceptors (Lipinski definition) is 4. The van der Waals surface area contributed by atoms with Crippen LogP contribution in [-0.4, -0.2) is 18.7 Å². The molecule has 2 N–H and O–H groups in total. The van der Waals surface area contributed by atoms with E-state index in [2.05, 4.69) is 71.0 Å². The molecule has 0 bridgehead atoms. The number of rotatable bonds is 5. The predicted molar refractivity (Wildman–Crippen MR) is 141 cm³/mol. The number of anilines is 1. The molecule has 0 heterocycles. The highest BCUT2D eigenvalue weighted by atomic mass is 16.6. The first-order valence-corrected chi connectivity index (χ1v) is 11.7. The van der Waals surface area contributed by atoms with Gasteiger partial charge in [-0.25, -0.2) is 4.79 Å². The van der Waals surface area contributed by atoms with Crippen LogP contribution < -0.4 is 5.73 Å². The molecule has 0 amide bonds. The predicted octanol–water partition coefficient (Wildman–Crippen LogP) is 7.17. The number of carbonyl (C=O) groups is 1.